The van der Waals surface area contributed by atoms with Crippen LogP contribution in [0.25, 0.3) is 0 Å². The molecule has 0 radical (unpaired) electrons. The van der Waals surface area contributed by atoms with E-state index in [1.54, 1.807) is 0 Å². The number of nitrogens with one attached hydrogen (secondary N) is 1. The summed E-state index contributed by atoms with van der Waals surface area (Å²) >= 11 is 0. The van der Waals surface area contributed by atoms with Crippen LogP contribution in [-0.4, -0.2) is 27.4 Å². The van der Waals surface area contributed by atoms with Gasteiger partial charge in [0.1, 0.15) is 5.54 Å². The van der Waals surface area contributed by atoms with E-state index in [1.807, 2.05) is 0 Å². The van der Waals surface area contributed by atoms with Gasteiger partial charge in [-0.2, -0.15) is 4.39 Å². The minimum Gasteiger partial charge on any atom is -0.480 e. The number of nitrogens with zero attached hydrogens (tertiary/aromatic N) is 1. The topological polar surface area (TPSA) is 110 Å². The van der Waals surface area contributed by atoms with E-state index in [9.17, 15) is 29.2 Å². The van der Waals surface area contributed by atoms with Crippen LogP contribution in [-0.2, 0) is 4.79 Å². The SMILES string of the molecule is CC(NC(=O)c1ccc([N+](=O)[O-])c(F)c1)(C(=O)O)C1CC1. The van der Waals surface area contributed by atoms with Crippen LogP contribution < -0.4 is 5.32 Å². The summed E-state index contributed by atoms with van der Waals surface area (Å²) in [7, 11) is 0. The fourth-order valence-electron chi connectivity index (χ4n) is 2.10. The molecule has 0 aliphatic heterocycles. The molecule has 1 amide bonds. The maximum atomic E-state index is 13.5. The summed E-state index contributed by atoms with van der Waals surface area (Å²) in [5.74, 6) is -3.25. The van der Waals surface area contributed by atoms with E-state index < -0.39 is 33.8 Å². The molecular weight excluding hydrogens is 283 g/mol. The largest absolute Gasteiger partial charge is 0.480 e. The summed E-state index contributed by atoms with van der Waals surface area (Å²) in [6.07, 6.45) is 1.38. The lowest BCUT2D eigenvalue weighted by molar-refractivity contribution is -0.387. The first kappa shape index (κ1) is 14.9. The number of carbonyl (C=O) groups is 2. The van der Waals surface area contributed by atoms with Crippen molar-refractivity contribution in [3.63, 3.8) is 0 Å². The Balaban J connectivity index is 2.22. The molecule has 7 nitrogen and oxygen atoms in total. The number of halogens is 1. The Hall–Kier alpha value is -2.51. The van der Waals surface area contributed by atoms with Gasteiger partial charge in [-0.3, -0.25) is 14.9 Å². The van der Waals surface area contributed by atoms with E-state index >= 15 is 0 Å². The fourth-order valence-corrected chi connectivity index (χ4v) is 2.10. The Labute approximate surface area is 118 Å². The zero-order valence-corrected chi connectivity index (χ0v) is 11.1. The van der Waals surface area contributed by atoms with Crippen LogP contribution in [0.1, 0.15) is 30.1 Å². The Bertz CT molecular complexity index is 629. The van der Waals surface area contributed by atoms with Crippen LogP contribution in [0.2, 0.25) is 0 Å². The maximum Gasteiger partial charge on any atom is 0.329 e. The maximum absolute atomic E-state index is 13.5. The number of nitro groups is 1. The third kappa shape index (κ3) is 2.83. The summed E-state index contributed by atoms with van der Waals surface area (Å²) < 4.78 is 13.5. The Morgan fingerprint density at radius 3 is 2.52 bits per heavy atom. The second-order valence-corrected chi connectivity index (χ2v) is 5.16. The van der Waals surface area contributed by atoms with E-state index in [2.05, 4.69) is 5.32 Å². The molecule has 21 heavy (non-hydrogen) atoms. The Morgan fingerprint density at radius 2 is 2.10 bits per heavy atom. The molecular formula is C13H13FN2O5. The molecule has 1 fully saturated rings. The normalized spacial score (nSPS) is 16.9. The summed E-state index contributed by atoms with van der Waals surface area (Å²) in [5.41, 5.74) is -2.32. The van der Waals surface area contributed by atoms with Gasteiger partial charge in [-0.25, -0.2) is 4.79 Å². The Morgan fingerprint density at radius 1 is 1.48 bits per heavy atom. The number of amides is 1. The van der Waals surface area contributed by atoms with Crippen molar-refractivity contribution < 1.29 is 24.0 Å². The van der Waals surface area contributed by atoms with Crippen molar-refractivity contribution in [1.82, 2.24) is 5.32 Å². The van der Waals surface area contributed by atoms with E-state index in [0.717, 1.165) is 18.2 Å². The number of rotatable bonds is 5. The molecule has 2 N–H and O–H groups in total. The summed E-state index contributed by atoms with van der Waals surface area (Å²) in [6.45, 7) is 1.40. The zero-order chi connectivity index (χ0) is 15.8. The van der Waals surface area contributed by atoms with Crippen LogP contribution >= 0.6 is 0 Å². The quantitative estimate of drug-likeness (QED) is 0.635. The molecule has 0 saturated heterocycles. The third-order valence-corrected chi connectivity index (χ3v) is 3.62. The number of aliphatic carboxylic acids is 1. The number of hydrogen-bond donors (Lipinski definition) is 2. The van der Waals surface area contributed by atoms with Crippen LogP contribution in [0.4, 0.5) is 10.1 Å². The molecule has 1 unspecified atom stereocenters. The molecule has 1 saturated carbocycles. The van der Waals surface area contributed by atoms with Crippen molar-refractivity contribution >= 4 is 17.6 Å². The van der Waals surface area contributed by atoms with Crippen LogP contribution in [0.5, 0.6) is 0 Å². The lowest BCUT2D eigenvalue weighted by atomic mass is 9.95. The van der Waals surface area contributed by atoms with Gasteiger partial charge in [0.2, 0.25) is 5.82 Å². The molecule has 1 aliphatic carbocycles. The first-order valence-corrected chi connectivity index (χ1v) is 6.25. The third-order valence-electron chi connectivity index (χ3n) is 3.62. The van der Waals surface area contributed by atoms with E-state index in [0.29, 0.717) is 12.8 Å². The number of carboxylic acids is 1. The van der Waals surface area contributed by atoms with Gasteiger partial charge in [-0.1, -0.05) is 0 Å². The van der Waals surface area contributed by atoms with Gasteiger partial charge in [0.15, 0.2) is 0 Å². The van der Waals surface area contributed by atoms with E-state index in [-0.39, 0.29) is 11.5 Å². The molecule has 0 spiro atoms. The van der Waals surface area contributed by atoms with Crippen molar-refractivity contribution in [2.24, 2.45) is 5.92 Å². The number of carbonyl (C=O) groups excluding carboxylic acids is 1. The van der Waals surface area contributed by atoms with E-state index in [1.165, 1.54) is 6.92 Å². The minimum atomic E-state index is -1.42. The molecule has 1 aliphatic rings. The monoisotopic (exact) mass is 296 g/mol. The fraction of sp³-hybridized carbons (Fsp3) is 0.385. The zero-order valence-electron chi connectivity index (χ0n) is 11.1. The first-order chi connectivity index (χ1) is 9.75. The van der Waals surface area contributed by atoms with Crippen molar-refractivity contribution in [1.29, 1.82) is 0 Å². The van der Waals surface area contributed by atoms with Gasteiger partial charge in [0.05, 0.1) is 4.92 Å². The molecule has 1 atom stereocenters. The molecule has 0 bridgehead atoms. The molecule has 1 aromatic rings. The molecule has 112 valence electrons. The second-order valence-electron chi connectivity index (χ2n) is 5.16. The highest BCUT2D eigenvalue weighted by Gasteiger charge is 2.48. The van der Waals surface area contributed by atoms with Gasteiger partial charge in [-0.05, 0) is 37.8 Å². The van der Waals surface area contributed by atoms with Crippen LogP contribution in [0.15, 0.2) is 18.2 Å². The highest BCUT2D eigenvalue weighted by atomic mass is 19.1. The van der Waals surface area contributed by atoms with Crippen molar-refractivity contribution in [2.45, 2.75) is 25.3 Å². The number of hydrogen-bond acceptors (Lipinski definition) is 4. The summed E-state index contributed by atoms with van der Waals surface area (Å²) in [4.78, 5) is 32.9. The van der Waals surface area contributed by atoms with Crippen molar-refractivity contribution in [3.8, 4) is 0 Å². The minimum absolute atomic E-state index is 0.161. The standard InChI is InChI=1S/C13H13FN2O5/c1-13(12(18)19,8-3-4-8)15-11(17)7-2-5-10(16(20)21)9(14)6-7/h2,5-6,8H,3-4H2,1H3,(H,15,17)(H,18,19). The average molecular weight is 296 g/mol. The number of benzene rings is 1. The number of nitro benzene ring substituents is 1. The lowest BCUT2D eigenvalue weighted by Crippen LogP contribution is -2.54. The number of carboxylic acid groups (broad SMARTS) is 1. The molecule has 8 heteroatoms. The van der Waals surface area contributed by atoms with Gasteiger partial charge < -0.3 is 10.4 Å². The highest BCUT2D eigenvalue weighted by molar-refractivity contribution is 5.98. The summed E-state index contributed by atoms with van der Waals surface area (Å²) in [5, 5.41) is 22.1. The Kier molecular flexibility index (Phi) is 3.63. The van der Waals surface area contributed by atoms with Crippen LogP contribution in [0.3, 0.4) is 0 Å². The van der Waals surface area contributed by atoms with Gasteiger partial charge in [0.25, 0.3) is 5.91 Å². The highest BCUT2D eigenvalue weighted by Crippen LogP contribution is 2.39. The van der Waals surface area contributed by atoms with Gasteiger partial charge in [-0.15, -0.1) is 0 Å². The van der Waals surface area contributed by atoms with Gasteiger partial charge in [0, 0.05) is 11.6 Å². The molecule has 0 heterocycles. The predicted molar refractivity (Wildman–Crippen MR) is 69.3 cm³/mol. The van der Waals surface area contributed by atoms with Gasteiger partial charge >= 0.3 is 11.7 Å². The van der Waals surface area contributed by atoms with Crippen molar-refractivity contribution in [3.05, 3.63) is 39.7 Å². The first-order valence-electron chi connectivity index (χ1n) is 6.25. The van der Waals surface area contributed by atoms with Crippen LogP contribution in [0, 0.1) is 21.8 Å². The predicted octanol–water partition coefficient (Wildman–Crippen LogP) is 1.72. The smallest absolute Gasteiger partial charge is 0.329 e. The summed E-state index contributed by atoms with van der Waals surface area (Å²) in [6, 6.07) is 2.69. The molecule has 0 aromatic heterocycles. The lowest BCUT2D eigenvalue weighted by Gasteiger charge is -2.26. The molecule has 2 rings (SSSR count). The van der Waals surface area contributed by atoms with Crippen molar-refractivity contribution in [2.75, 3.05) is 0 Å². The second kappa shape index (κ2) is 5.12. The van der Waals surface area contributed by atoms with E-state index in [4.69, 9.17) is 0 Å². The average Bonchev–Trinajstić information content (AvgIpc) is 3.22. The molecule has 1 aromatic carbocycles.